The highest BCUT2D eigenvalue weighted by molar-refractivity contribution is 6.35. The maximum atomic E-state index is 11.5. The Morgan fingerprint density at radius 1 is 1.14 bits per heavy atom. The molecule has 2 rings (SSSR count). The van der Waals surface area contributed by atoms with Crippen LogP contribution in [0.4, 0.5) is 0 Å². The number of hydrogen-bond acceptors (Lipinski definition) is 3. The van der Waals surface area contributed by atoms with Crippen molar-refractivity contribution in [1.82, 2.24) is 0 Å². The molecule has 2 aromatic rings. The molecule has 0 aliphatic heterocycles. The van der Waals surface area contributed by atoms with E-state index in [4.69, 9.17) is 38.4 Å². The maximum Gasteiger partial charge on any atom is 0.252 e. The molecule has 0 saturated carbocycles. The minimum Gasteiger partial charge on any atom is -0.493 e. The van der Waals surface area contributed by atoms with Crippen LogP contribution >= 0.6 is 23.2 Å². The molecule has 0 aliphatic rings. The van der Waals surface area contributed by atoms with Crippen molar-refractivity contribution in [2.75, 3.05) is 7.11 Å². The molecule has 2 aromatic carbocycles. The number of amides is 1. The summed E-state index contributed by atoms with van der Waals surface area (Å²) in [5.74, 6) is 0.0760. The molecular weight excluding hydrogens is 313 g/mol. The average molecular weight is 326 g/mol. The second-order valence-corrected chi connectivity index (χ2v) is 5.00. The van der Waals surface area contributed by atoms with E-state index in [-0.39, 0.29) is 17.9 Å². The molecule has 6 heteroatoms. The minimum atomic E-state index is -0.603. The van der Waals surface area contributed by atoms with Crippen LogP contribution < -0.4 is 15.2 Å². The van der Waals surface area contributed by atoms with Gasteiger partial charge in [-0.3, -0.25) is 4.79 Å². The fourth-order valence-corrected chi connectivity index (χ4v) is 2.34. The normalized spacial score (nSPS) is 10.2. The van der Waals surface area contributed by atoms with E-state index in [2.05, 4.69) is 0 Å². The first-order valence-corrected chi connectivity index (χ1v) is 6.82. The van der Waals surface area contributed by atoms with Gasteiger partial charge in [0.05, 0.1) is 12.7 Å². The highest BCUT2D eigenvalue weighted by Gasteiger charge is 2.16. The fourth-order valence-electron chi connectivity index (χ4n) is 1.83. The molecule has 0 spiro atoms. The number of rotatable bonds is 5. The molecule has 0 fully saturated rings. The first kappa shape index (κ1) is 15.5. The van der Waals surface area contributed by atoms with Crippen molar-refractivity contribution in [1.29, 1.82) is 0 Å². The summed E-state index contributed by atoms with van der Waals surface area (Å²) in [6.45, 7) is 0.0964. The Morgan fingerprint density at radius 3 is 2.33 bits per heavy atom. The summed E-state index contributed by atoms with van der Waals surface area (Å²) < 4.78 is 10.9. The zero-order valence-electron chi connectivity index (χ0n) is 11.2. The van der Waals surface area contributed by atoms with Crippen molar-refractivity contribution in [2.45, 2.75) is 6.61 Å². The molecule has 0 radical (unpaired) electrons. The third-order valence-corrected chi connectivity index (χ3v) is 3.60. The predicted octanol–water partition coefficient (Wildman–Crippen LogP) is 3.68. The highest BCUT2D eigenvalue weighted by Crippen LogP contribution is 2.33. The Kier molecular flexibility index (Phi) is 4.94. The van der Waals surface area contributed by atoms with Gasteiger partial charge in [0, 0.05) is 15.6 Å². The summed E-state index contributed by atoms with van der Waals surface area (Å²) in [4.78, 5) is 11.5. The van der Waals surface area contributed by atoms with Crippen LogP contribution in [0.1, 0.15) is 15.9 Å². The second kappa shape index (κ2) is 6.70. The van der Waals surface area contributed by atoms with Gasteiger partial charge in [-0.2, -0.15) is 0 Å². The lowest BCUT2D eigenvalue weighted by Crippen LogP contribution is -2.13. The van der Waals surface area contributed by atoms with Gasteiger partial charge in [-0.1, -0.05) is 35.3 Å². The number of carbonyl (C=O) groups excluding carboxylic acids is 1. The van der Waals surface area contributed by atoms with E-state index in [1.54, 1.807) is 36.4 Å². The van der Waals surface area contributed by atoms with Crippen LogP contribution in [-0.2, 0) is 6.61 Å². The molecule has 0 aromatic heterocycles. The van der Waals surface area contributed by atoms with Crippen molar-refractivity contribution in [3.8, 4) is 11.5 Å². The van der Waals surface area contributed by atoms with Gasteiger partial charge >= 0.3 is 0 Å². The van der Waals surface area contributed by atoms with Crippen LogP contribution in [0.25, 0.3) is 0 Å². The summed E-state index contributed by atoms with van der Waals surface area (Å²) in [5.41, 5.74) is 6.20. The first-order valence-electron chi connectivity index (χ1n) is 6.07. The number of nitrogens with two attached hydrogens (primary N) is 1. The van der Waals surface area contributed by atoms with Gasteiger partial charge in [0.25, 0.3) is 5.91 Å². The number of carbonyl (C=O) groups is 1. The van der Waals surface area contributed by atoms with E-state index in [1.807, 2.05) is 0 Å². The van der Waals surface area contributed by atoms with E-state index in [9.17, 15) is 4.79 Å². The Hall–Kier alpha value is -1.91. The fraction of sp³-hybridized carbons (Fsp3) is 0.133. The van der Waals surface area contributed by atoms with E-state index < -0.39 is 5.91 Å². The number of primary amides is 1. The van der Waals surface area contributed by atoms with Crippen LogP contribution in [0, 0.1) is 0 Å². The molecule has 0 saturated heterocycles. The molecule has 0 unspecified atom stereocenters. The molecular formula is C15H13Cl2NO3. The molecule has 0 bridgehead atoms. The summed E-state index contributed by atoms with van der Waals surface area (Å²) >= 11 is 12.2. The molecule has 21 heavy (non-hydrogen) atoms. The summed E-state index contributed by atoms with van der Waals surface area (Å²) in [6.07, 6.45) is 0. The first-order chi connectivity index (χ1) is 10.0. The van der Waals surface area contributed by atoms with Crippen molar-refractivity contribution in [2.24, 2.45) is 5.73 Å². The quantitative estimate of drug-likeness (QED) is 0.912. The number of para-hydroxylation sites is 1. The van der Waals surface area contributed by atoms with E-state index in [0.29, 0.717) is 21.4 Å². The standard InChI is InChI=1S/C15H13Cl2NO3/c1-20-13-7-2-4-9(15(18)19)14(13)21-8-10-11(16)5-3-6-12(10)17/h2-7H,8H2,1H3,(H2,18,19). The molecule has 0 atom stereocenters. The van der Waals surface area contributed by atoms with Crippen molar-refractivity contribution in [3.05, 3.63) is 57.6 Å². The minimum absolute atomic E-state index is 0.0964. The number of halogens is 2. The summed E-state index contributed by atoms with van der Waals surface area (Å²) in [6, 6.07) is 10.1. The van der Waals surface area contributed by atoms with Crippen LogP contribution in [0.15, 0.2) is 36.4 Å². The van der Waals surface area contributed by atoms with Crippen LogP contribution in [0.5, 0.6) is 11.5 Å². The van der Waals surface area contributed by atoms with Crippen LogP contribution in [0.3, 0.4) is 0 Å². The molecule has 0 aliphatic carbocycles. The number of ether oxygens (including phenoxy) is 2. The largest absolute Gasteiger partial charge is 0.493 e. The lowest BCUT2D eigenvalue weighted by Gasteiger charge is -2.14. The van der Waals surface area contributed by atoms with E-state index >= 15 is 0 Å². The van der Waals surface area contributed by atoms with Crippen molar-refractivity contribution in [3.63, 3.8) is 0 Å². The van der Waals surface area contributed by atoms with Crippen molar-refractivity contribution < 1.29 is 14.3 Å². The molecule has 110 valence electrons. The Morgan fingerprint density at radius 2 is 1.76 bits per heavy atom. The van der Waals surface area contributed by atoms with Crippen LogP contribution in [0.2, 0.25) is 10.0 Å². The maximum absolute atomic E-state index is 11.5. The van der Waals surface area contributed by atoms with Gasteiger partial charge in [-0.15, -0.1) is 0 Å². The lowest BCUT2D eigenvalue weighted by atomic mass is 10.1. The molecule has 0 heterocycles. The molecule has 4 nitrogen and oxygen atoms in total. The van der Waals surface area contributed by atoms with Gasteiger partial charge in [0.2, 0.25) is 0 Å². The third-order valence-electron chi connectivity index (χ3n) is 2.89. The van der Waals surface area contributed by atoms with Gasteiger partial charge in [-0.05, 0) is 24.3 Å². The number of methoxy groups -OCH3 is 1. The number of hydrogen-bond donors (Lipinski definition) is 1. The van der Waals surface area contributed by atoms with Gasteiger partial charge in [-0.25, -0.2) is 0 Å². The Bertz CT molecular complexity index is 654. The molecule has 1 amide bonds. The third kappa shape index (κ3) is 3.40. The van der Waals surface area contributed by atoms with Gasteiger partial charge in [0.1, 0.15) is 6.61 Å². The van der Waals surface area contributed by atoms with E-state index in [0.717, 1.165) is 0 Å². The van der Waals surface area contributed by atoms with Crippen LogP contribution in [-0.4, -0.2) is 13.0 Å². The monoisotopic (exact) mass is 325 g/mol. The zero-order valence-corrected chi connectivity index (χ0v) is 12.7. The molecule has 2 N–H and O–H groups in total. The Labute approximate surface area is 132 Å². The number of benzene rings is 2. The van der Waals surface area contributed by atoms with E-state index in [1.165, 1.54) is 7.11 Å². The summed E-state index contributed by atoms with van der Waals surface area (Å²) in [7, 11) is 1.48. The Balaban J connectivity index is 2.33. The SMILES string of the molecule is COc1cccc(C(N)=O)c1OCc1c(Cl)cccc1Cl. The topological polar surface area (TPSA) is 61.5 Å². The average Bonchev–Trinajstić information content (AvgIpc) is 2.46. The second-order valence-electron chi connectivity index (χ2n) is 4.19. The van der Waals surface area contributed by atoms with Gasteiger partial charge in [0.15, 0.2) is 11.5 Å². The lowest BCUT2D eigenvalue weighted by molar-refractivity contribution is 0.0995. The zero-order chi connectivity index (χ0) is 15.4. The summed E-state index contributed by atoms with van der Waals surface area (Å²) in [5, 5.41) is 0.969. The smallest absolute Gasteiger partial charge is 0.252 e. The predicted molar refractivity (Wildman–Crippen MR) is 82.3 cm³/mol. The van der Waals surface area contributed by atoms with Crippen molar-refractivity contribution >= 4 is 29.1 Å². The van der Waals surface area contributed by atoms with Gasteiger partial charge < -0.3 is 15.2 Å². The highest BCUT2D eigenvalue weighted by atomic mass is 35.5.